The third-order valence-electron chi connectivity index (χ3n) is 2.86. The minimum Gasteiger partial charge on any atom is -0.493 e. The van der Waals surface area contributed by atoms with E-state index < -0.39 is 6.03 Å². The van der Waals surface area contributed by atoms with Crippen molar-refractivity contribution in [2.24, 2.45) is 10.8 Å². The van der Waals surface area contributed by atoms with E-state index in [4.69, 9.17) is 15.2 Å². The van der Waals surface area contributed by atoms with Crippen LogP contribution in [0, 0.1) is 5.82 Å². The second kappa shape index (κ2) is 7.79. The van der Waals surface area contributed by atoms with E-state index in [1.165, 1.54) is 25.5 Å². The van der Waals surface area contributed by atoms with Gasteiger partial charge in [-0.25, -0.2) is 14.6 Å². The Bertz CT molecular complexity index is 719. The van der Waals surface area contributed by atoms with Crippen molar-refractivity contribution in [1.29, 1.82) is 0 Å². The third kappa shape index (κ3) is 4.99. The first-order valence-electron chi connectivity index (χ1n) is 6.72. The average molecular weight is 317 g/mol. The lowest BCUT2D eigenvalue weighted by atomic mass is 10.2. The number of methoxy groups -OCH3 is 1. The number of nitrogens with two attached hydrogens (primary N) is 1. The molecule has 0 radical (unpaired) electrons. The maximum Gasteiger partial charge on any atom is 0.332 e. The Morgan fingerprint density at radius 3 is 2.83 bits per heavy atom. The first-order chi connectivity index (χ1) is 11.1. The van der Waals surface area contributed by atoms with Crippen molar-refractivity contribution >= 4 is 12.2 Å². The van der Waals surface area contributed by atoms with Crippen LogP contribution in [0.25, 0.3) is 0 Å². The standard InChI is InChI=1S/C16H16FN3O3/c1-22-15-8-11(9-19-20-16(18)21)5-6-14(15)23-10-12-3-2-4-13(17)7-12/h2-9H,10H2,1H3,(H3,18,20,21). The molecule has 0 fully saturated rings. The summed E-state index contributed by atoms with van der Waals surface area (Å²) >= 11 is 0. The number of hydrogen-bond donors (Lipinski definition) is 2. The van der Waals surface area contributed by atoms with Gasteiger partial charge in [-0.15, -0.1) is 0 Å². The Morgan fingerprint density at radius 2 is 2.13 bits per heavy atom. The molecule has 0 aliphatic heterocycles. The maximum atomic E-state index is 13.1. The second-order valence-electron chi connectivity index (χ2n) is 4.56. The summed E-state index contributed by atoms with van der Waals surface area (Å²) in [6.07, 6.45) is 1.42. The molecule has 2 rings (SSSR count). The largest absolute Gasteiger partial charge is 0.493 e. The number of nitrogens with one attached hydrogen (secondary N) is 1. The summed E-state index contributed by atoms with van der Waals surface area (Å²) < 4.78 is 24.0. The molecule has 120 valence electrons. The molecule has 0 aliphatic rings. The Kier molecular flexibility index (Phi) is 5.51. The van der Waals surface area contributed by atoms with Crippen LogP contribution in [0.1, 0.15) is 11.1 Å². The number of primary amides is 1. The lowest BCUT2D eigenvalue weighted by molar-refractivity contribution is 0.249. The van der Waals surface area contributed by atoms with Gasteiger partial charge in [-0.05, 0) is 41.5 Å². The van der Waals surface area contributed by atoms with Gasteiger partial charge in [0.2, 0.25) is 0 Å². The summed E-state index contributed by atoms with van der Waals surface area (Å²) in [4.78, 5) is 10.5. The number of urea groups is 1. The van der Waals surface area contributed by atoms with E-state index in [9.17, 15) is 9.18 Å². The second-order valence-corrected chi connectivity index (χ2v) is 4.56. The van der Waals surface area contributed by atoms with Crippen molar-refractivity contribution in [3.8, 4) is 11.5 Å². The van der Waals surface area contributed by atoms with E-state index in [1.807, 2.05) is 0 Å². The van der Waals surface area contributed by atoms with Crippen molar-refractivity contribution in [3.63, 3.8) is 0 Å². The highest BCUT2D eigenvalue weighted by Gasteiger charge is 2.06. The molecule has 0 saturated heterocycles. The molecule has 0 spiro atoms. The van der Waals surface area contributed by atoms with Gasteiger partial charge >= 0.3 is 6.03 Å². The molecule has 0 unspecified atom stereocenters. The molecule has 3 N–H and O–H groups in total. The van der Waals surface area contributed by atoms with Crippen molar-refractivity contribution in [2.75, 3.05) is 7.11 Å². The highest BCUT2D eigenvalue weighted by atomic mass is 19.1. The molecule has 2 aromatic rings. The molecule has 0 atom stereocenters. The van der Waals surface area contributed by atoms with Gasteiger partial charge in [0.1, 0.15) is 12.4 Å². The molecule has 6 nitrogen and oxygen atoms in total. The maximum absolute atomic E-state index is 13.1. The molecule has 23 heavy (non-hydrogen) atoms. The first kappa shape index (κ1) is 16.3. The highest BCUT2D eigenvalue weighted by molar-refractivity contribution is 5.82. The van der Waals surface area contributed by atoms with Crippen molar-refractivity contribution in [1.82, 2.24) is 5.43 Å². The predicted octanol–water partition coefficient (Wildman–Crippen LogP) is 2.42. The molecule has 0 heterocycles. The van der Waals surface area contributed by atoms with Crippen LogP contribution in [-0.4, -0.2) is 19.4 Å². The van der Waals surface area contributed by atoms with Gasteiger partial charge in [-0.2, -0.15) is 5.10 Å². The number of hydrazone groups is 1. The molecule has 0 bridgehead atoms. The van der Waals surface area contributed by atoms with Crippen LogP contribution in [0.4, 0.5) is 9.18 Å². The number of halogens is 1. The van der Waals surface area contributed by atoms with Crippen molar-refractivity contribution < 1.29 is 18.7 Å². The summed E-state index contributed by atoms with van der Waals surface area (Å²) in [6, 6.07) is 10.5. The van der Waals surface area contributed by atoms with Gasteiger partial charge in [-0.1, -0.05) is 12.1 Å². The first-order valence-corrected chi connectivity index (χ1v) is 6.72. The van der Waals surface area contributed by atoms with Gasteiger partial charge < -0.3 is 15.2 Å². The summed E-state index contributed by atoms with van der Waals surface area (Å²) in [5, 5.41) is 3.66. The van der Waals surface area contributed by atoms with Gasteiger partial charge in [0.25, 0.3) is 0 Å². The Balaban J connectivity index is 2.07. The van der Waals surface area contributed by atoms with E-state index >= 15 is 0 Å². The number of hydrogen-bond acceptors (Lipinski definition) is 4. The zero-order valence-corrected chi connectivity index (χ0v) is 12.5. The topological polar surface area (TPSA) is 85.9 Å². The van der Waals surface area contributed by atoms with Crippen LogP contribution in [0.15, 0.2) is 47.6 Å². The van der Waals surface area contributed by atoms with E-state index in [0.717, 1.165) is 0 Å². The molecule has 7 heteroatoms. The lowest BCUT2D eigenvalue weighted by Gasteiger charge is -2.11. The van der Waals surface area contributed by atoms with E-state index in [1.54, 1.807) is 30.3 Å². The number of benzene rings is 2. The summed E-state index contributed by atoms with van der Waals surface area (Å²) in [6.45, 7) is 0.213. The zero-order valence-electron chi connectivity index (χ0n) is 12.5. The normalized spacial score (nSPS) is 10.5. The Morgan fingerprint density at radius 1 is 1.30 bits per heavy atom. The smallest absolute Gasteiger partial charge is 0.332 e. The van der Waals surface area contributed by atoms with Crippen LogP contribution < -0.4 is 20.6 Å². The van der Waals surface area contributed by atoms with Crippen molar-refractivity contribution in [3.05, 3.63) is 59.4 Å². The third-order valence-corrected chi connectivity index (χ3v) is 2.86. The number of nitrogens with zero attached hydrogens (tertiary/aromatic N) is 1. The quantitative estimate of drug-likeness (QED) is 0.633. The lowest BCUT2D eigenvalue weighted by Crippen LogP contribution is -2.24. The highest BCUT2D eigenvalue weighted by Crippen LogP contribution is 2.28. The van der Waals surface area contributed by atoms with E-state index in [0.29, 0.717) is 22.6 Å². The number of carbonyl (C=O) groups is 1. The SMILES string of the molecule is COc1cc(C=NNC(N)=O)ccc1OCc1cccc(F)c1. The van der Waals surface area contributed by atoms with Crippen LogP contribution in [-0.2, 0) is 6.61 Å². The molecule has 2 aromatic carbocycles. The van der Waals surface area contributed by atoms with E-state index in [2.05, 4.69) is 10.5 Å². The molecule has 0 saturated carbocycles. The monoisotopic (exact) mass is 317 g/mol. The fourth-order valence-corrected chi connectivity index (χ4v) is 1.84. The molecular formula is C16H16FN3O3. The van der Waals surface area contributed by atoms with Crippen molar-refractivity contribution in [2.45, 2.75) is 6.61 Å². The van der Waals surface area contributed by atoms with Crippen LogP contribution in [0.3, 0.4) is 0 Å². The summed E-state index contributed by atoms with van der Waals surface area (Å²) in [5.74, 6) is 0.688. The zero-order chi connectivity index (χ0) is 16.7. The molecule has 0 aromatic heterocycles. The molecule has 2 amide bonds. The fraction of sp³-hybridized carbons (Fsp3) is 0.125. The number of rotatable bonds is 6. The van der Waals surface area contributed by atoms with E-state index in [-0.39, 0.29) is 12.4 Å². The average Bonchev–Trinajstić information content (AvgIpc) is 2.53. The molecule has 0 aliphatic carbocycles. The Labute approximate surface area is 132 Å². The number of amides is 2. The molecular weight excluding hydrogens is 301 g/mol. The van der Waals surface area contributed by atoms with Gasteiger partial charge in [0, 0.05) is 0 Å². The predicted molar refractivity (Wildman–Crippen MR) is 84.0 cm³/mol. The summed E-state index contributed by atoms with van der Waals surface area (Å²) in [5.41, 5.74) is 8.41. The van der Waals surface area contributed by atoms with Crippen LogP contribution >= 0.6 is 0 Å². The van der Waals surface area contributed by atoms with Gasteiger partial charge in [0.15, 0.2) is 11.5 Å². The van der Waals surface area contributed by atoms with Crippen LogP contribution in [0.2, 0.25) is 0 Å². The minimum atomic E-state index is -0.747. The minimum absolute atomic E-state index is 0.213. The fourth-order valence-electron chi connectivity index (χ4n) is 1.84. The van der Waals surface area contributed by atoms with Gasteiger partial charge in [0.05, 0.1) is 13.3 Å². The summed E-state index contributed by atoms with van der Waals surface area (Å²) in [7, 11) is 1.51. The number of carbonyl (C=O) groups excluding carboxylic acids is 1. The van der Waals surface area contributed by atoms with Gasteiger partial charge in [-0.3, -0.25) is 0 Å². The number of ether oxygens (including phenoxy) is 2. The van der Waals surface area contributed by atoms with Crippen LogP contribution in [0.5, 0.6) is 11.5 Å². The Hall–Kier alpha value is -3.09.